The Morgan fingerprint density at radius 3 is 2.52 bits per heavy atom. The number of rotatable bonds is 7. The van der Waals surface area contributed by atoms with Crippen LogP contribution in [0.1, 0.15) is 23.5 Å². The van der Waals surface area contributed by atoms with Crippen molar-refractivity contribution in [1.82, 2.24) is 4.72 Å². The fourth-order valence-corrected chi connectivity index (χ4v) is 4.03. The van der Waals surface area contributed by atoms with Gasteiger partial charge in [-0.2, -0.15) is 0 Å². The predicted octanol–water partition coefficient (Wildman–Crippen LogP) is 1.17. The molecule has 1 rings (SSSR count). The van der Waals surface area contributed by atoms with Crippen molar-refractivity contribution >= 4 is 33.3 Å². The monoisotopic (exact) mass is 335 g/mol. The molecule has 0 fully saturated rings. The molecule has 0 radical (unpaired) electrons. The molecule has 0 aliphatic carbocycles. The highest BCUT2D eigenvalue weighted by molar-refractivity contribution is 7.89. The number of hydrogen-bond donors (Lipinski definition) is 2. The number of hydrogen-bond acceptors (Lipinski definition) is 6. The Morgan fingerprint density at radius 2 is 2.05 bits per heavy atom. The SMILES string of the molecule is COC(=O)c1sccc1S(=O)(=O)NCC(C(=O)O)C(C)C. The zero-order valence-electron chi connectivity index (χ0n) is 11.8. The fourth-order valence-electron chi connectivity index (χ4n) is 1.64. The van der Waals surface area contributed by atoms with Crippen LogP contribution in [0.3, 0.4) is 0 Å². The van der Waals surface area contributed by atoms with Crippen LogP contribution in [0.2, 0.25) is 0 Å². The summed E-state index contributed by atoms with van der Waals surface area (Å²) in [5.74, 6) is -2.90. The van der Waals surface area contributed by atoms with E-state index < -0.39 is 27.9 Å². The second-order valence-corrected chi connectivity index (χ2v) is 7.30. The van der Waals surface area contributed by atoms with Crippen molar-refractivity contribution in [2.75, 3.05) is 13.7 Å². The molecule has 0 saturated heterocycles. The third kappa shape index (κ3) is 4.26. The quantitative estimate of drug-likeness (QED) is 0.724. The smallest absolute Gasteiger partial charge is 0.349 e. The van der Waals surface area contributed by atoms with E-state index in [4.69, 9.17) is 5.11 Å². The molecule has 1 aromatic rings. The number of esters is 1. The van der Waals surface area contributed by atoms with E-state index in [1.165, 1.54) is 11.4 Å². The Balaban J connectivity index is 2.95. The summed E-state index contributed by atoms with van der Waals surface area (Å²) >= 11 is 0.946. The molecule has 0 saturated carbocycles. The largest absolute Gasteiger partial charge is 0.481 e. The van der Waals surface area contributed by atoms with Crippen LogP contribution >= 0.6 is 11.3 Å². The molecule has 1 atom stereocenters. The number of thiophene rings is 1. The number of carboxylic acids is 1. The second-order valence-electron chi connectivity index (χ2n) is 4.65. The zero-order valence-corrected chi connectivity index (χ0v) is 13.5. The highest BCUT2D eigenvalue weighted by atomic mass is 32.2. The van der Waals surface area contributed by atoms with Gasteiger partial charge in [0.15, 0.2) is 0 Å². The minimum atomic E-state index is -3.97. The molecular formula is C12H17NO6S2. The van der Waals surface area contributed by atoms with Gasteiger partial charge in [-0.1, -0.05) is 13.8 Å². The van der Waals surface area contributed by atoms with Gasteiger partial charge < -0.3 is 9.84 Å². The molecule has 21 heavy (non-hydrogen) atoms. The van der Waals surface area contributed by atoms with Crippen molar-refractivity contribution in [3.8, 4) is 0 Å². The van der Waals surface area contributed by atoms with Crippen LogP contribution < -0.4 is 4.72 Å². The first-order chi connectivity index (χ1) is 9.70. The van der Waals surface area contributed by atoms with Crippen molar-refractivity contribution < 1.29 is 27.9 Å². The fraction of sp³-hybridized carbons (Fsp3) is 0.500. The standard InChI is InChI=1S/C12H17NO6S2/c1-7(2)8(11(14)15)6-13-21(17,18)9-4-5-20-10(9)12(16)19-3/h4-5,7-8,13H,6H2,1-3H3,(H,14,15). The van der Waals surface area contributed by atoms with Crippen LogP contribution in [-0.2, 0) is 19.6 Å². The van der Waals surface area contributed by atoms with Crippen LogP contribution in [0.4, 0.5) is 0 Å². The molecule has 7 nitrogen and oxygen atoms in total. The Bertz CT molecular complexity index is 619. The van der Waals surface area contributed by atoms with E-state index in [1.54, 1.807) is 13.8 Å². The number of carboxylic acid groups (broad SMARTS) is 1. The first kappa shape index (κ1) is 17.6. The maximum Gasteiger partial charge on any atom is 0.349 e. The summed E-state index contributed by atoms with van der Waals surface area (Å²) in [5, 5.41) is 10.5. The Kier molecular flexibility index (Phi) is 5.87. The lowest BCUT2D eigenvalue weighted by molar-refractivity contribution is -0.142. The first-order valence-electron chi connectivity index (χ1n) is 6.09. The summed E-state index contributed by atoms with van der Waals surface area (Å²) in [7, 11) is -2.81. The van der Waals surface area contributed by atoms with E-state index >= 15 is 0 Å². The minimum Gasteiger partial charge on any atom is -0.481 e. The molecule has 0 aliphatic heterocycles. The Morgan fingerprint density at radius 1 is 1.43 bits per heavy atom. The lowest BCUT2D eigenvalue weighted by Gasteiger charge is -2.16. The zero-order chi connectivity index (χ0) is 16.2. The third-order valence-electron chi connectivity index (χ3n) is 2.90. The number of carbonyl (C=O) groups is 2. The number of aliphatic carboxylic acids is 1. The van der Waals surface area contributed by atoms with Gasteiger partial charge in [0.25, 0.3) is 0 Å². The second kappa shape index (κ2) is 7.01. The van der Waals surface area contributed by atoms with Crippen molar-refractivity contribution in [2.45, 2.75) is 18.7 Å². The van der Waals surface area contributed by atoms with Gasteiger partial charge in [-0.25, -0.2) is 17.9 Å². The molecule has 1 heterocycles. The summed E-state index contributed by atoms with van der Waals surface area (Å²) in [6, 6.07) is 1.28. The molecule has 9 heteroatoms. The molecule has 0 amide bonds. The van der Waals surface area contributed by atoms with Gasteiger partial charge in [-0.05, 0) is 17.4 Å². The molecule has 118 valence electrons. The number of sulfonamides is 1. The van der Waals surface area contributed by atoms with Crippen LogP contribution in [0.15, 0.2) is 16.3 Å². The predicted molar refractivity (Wildman–Crippen MR) is 76.8 cm³/mol. The Labute approximate surface area is 127 Å². The molecular weight excluding hydrogens is 318 g/mol. The first-order valence-corrected chi connectivity index (χ1v) is 8.45. The van der Waals surface area contributed by atoms with Gasteiger partial charge in [-0.15, -0.1) is 11.3 Å². The summed E-state index contributed by atoms with van der Waals surface area (Å²) < 4.78 is 31.1. The minimum absolute atomic E-state index is 0.0404. The van der Waals surface area contributed by atoms with E-state index in [0.29, 0.717) is 0 Å². The highest BCUT2D eigenvalue weighted by Crippen LogP contribution is 2.23. The third-order valence-corrected chi connectivity index (χ3v) is 5.39. The highest BCUT2D eigenvalue weighted by Gasteiger charge is 2.28. The average molecular weight is 335 g/mol. The van der Waals surface area contributed by atoms with Gasteiger partial charge >= 0.3 is 11.9 Å². The van der Waals surface area contributed by atoms with E-state index in [2.05, 4.69) is 9.46 Å². The lowest BCUT2D eigenvalue weighted by atomic mass is 9.97. The van der Waals surface area contributed by atoms with Crippen LogP contribution in [-0.4, -0.2) is 39.1 Å². The van der Waals surface area contributed by atoms with Crippen LogP contribution in [0.5, 0.6) is 0 Å². The van der Waals surface area contributed by atoms with E-state index in [9.17, 15) is 18.0 Å². The molecule has 2 N–H and O–H groups in total. The number of carbonyl (C=O) groups excluding carboxylic acids is 1. The Hall–Kier alpha value is -1.45. The molecule has 0 spiro atoms. The molecule has 0 aliphatic rings. The number of ether oxygens (including phenoxy) is 1. The number of nitrogens with one attached hydrogen (secondary N) is 1. The maximum atomic E-state index is 12.2. The summed E-state index contributed by atoms with van der Waals surface area (Å²) in [4.78, 5) is 22.3. The molecule has 1 aromatic heterocycles. The van der Waals surface area contributed by atoms with Crippen molar-refractivity contribution in [2.24, 2.45) is 11.8 Å². The molecule has 1 unspecified atom stereocenters. The van der Waals surface area contributed by atoms with Crippen molar-refractivity contribution in [1.29, 1.82) is 0 Å². The van der Waals surface area contributed by atoms with E-state index in [0.717, 1.165) is 18.4 Å². The normalized spacial score (nSPS) is 13.1. The molecule has 0 aromatic carbocycles. The summed E-state index contributed by atoms with van der Waals surface area (Å²) in [5.41, 5.74) is 0. The van der Waals surface area contributed by atoms with Crippen LogP contribution in [0.25, 0.3) is 0 Å². The summed E-state index contributed by atoms with van der Waals surface area (Å²) in [6.45, 7) is 3.14. The topological polar surface area (TPSA) is 110 Å². The van der Waals surface area contributed by atoms with E-state index in [1.807, 2.05) is 0 Å². The maximum absolute atomic E-state index is 12.2. The van der Waals surface area contributed by atoms with Gasteiger partial charge in [0.2, 0.25) is 10.0 Å². The van der Waals surface area contributed by atoms with Crippen LogP contribution in [0, 0.1) is 11.8 Å². The van der Waals surface area contributed by atoms with Gasteiger partial charge in [-0.3, -0.25) is 4.79 Å². The van der Waals surface area contributed by atoms with E-state index in [-0.39, 0.29) is 22.2 Å². The van der Waals surface area contributed by atoms with Gasteiger partial charge in [0.05, 0.1) is 13.0 Å². The van der Waals surface area contributed by atoms with Gasteiger partial charge in [0.1, 0.15) is 9.77 Å². The molecule has 0 bridgehead atoms. The van der Waals surface area contributed by atoms with Gasteiger partial charge in [0, 0.05) is 6.54 Å². The van der Waals surface area contributed by atoms with Crippen molar-refractivity contribution in [3.05, 3.63) is 16.3 Å². The average Bonchev–Trinajstić information content (AvgIpc) is 2.86. The van der Waals surface area contributed by atoms with Crippen molar-refractivity contribution in [3.63, 3.8) is 0 Å². The number of methoxy groups -OCH3 is 1. The lowest BCUT2D eigenvalue weighted by Crippen LogP contribution is -2.35. The summed E-state index contributed by atoms with van der Waals surface area (Å²) in [6.07, 6.45) is 0.